The van der Waals surface area contributed by atoms with E-state index in [1.54, 1.807) is 0 Å². The first-order valence-corrected chi connectivity index (χ1v) is 19.9. The molecule has 36 heavy (non-hydrogen) atoms. The summed E-state index contributed by atoms with van der Waals surface area (Å²) in [4.78, 5) is 0. The van der Waals surface area contributed by atoms with E-state index in [0.29, 0.717) is 119 Å². The van der Waals surface area contributed by atoms with Crippen molar-refractivity contribution in [2.45, 2.75) is 39.3 Å². The molecule has 0 saturated carbocycles. The lowest BCUT2D eigenvalue weighted by atomic mass is 10.6. The van der Waals surface area contributed by atoms with Gasteiger partial charge in [0.25, 0.3) is 0 Å². The lowest BCUT2D eigenvalue weighted by Gasteiger charge is -2.16. The molecule has 0 spiro atoms. The van der Waals surface area contributed by atoms with Crippen molar-refractivity contribution in [1.82, 2.24) is 0 Å². The largest absolute Gasteiger partial charge is 0.415 e. The van der Waals surface area contributed by atoms with Crippen LogP contribution in [-0.2, 0) is 46.7 Å². The highest BCUT2D eigenvalue weighted by Crippen LogP contribution is 2.02. The number of rotatable bonds is 29. The van der Waals surface area contributed by atoms with E-state index in [0.717, 1.165) is 0 Å². The van der Waals surface area contributed by atoms with Crippen LogP contribution in [0.5, 0.6) is 0 Å². The zero-order valence-electron chi connectivity index (χ0n) is 23.8. The van der Waals surface area contributed by atoms with Crippen molar-refractivity contribution in [3.63, 3.8) is 0 Å². The van der Waals surface area contributed by atoms with E-state index in [9.17, 15) is 0 Å². The second kappa shape index (κ2) is 25.3. The Kier molecular flexibility index (Phi) is 25.3. The van der Waals surface area contributed by atoms with Gasteiger partial charge in [0.05, 0.1) is 119 Å². The molecule has 0 N–H and O–H groups in total. The Balaban J connectivity index is 3.07. The molecule has 0 aliphatic rings. The predicted octanol–water partition coefficient (Wildman–Crippen LogP) is 2.82. The Bertz CT molecular complexity index is 408. The molecule has 0 rings (SSSR count). The van der Waals surface area contributed by atoms with Crippen LogP contribution in [0.2, 0.25) is 39.3 Å². The molecule has 0 unspecified atom stereocenters. The first-order valence-electron chi connectivity index (χ1n) is 13.1. The molecule has 218 valence electrons. The topological polar surface area (TPSA) is 92.3 Å². The summed E-state index contributed by atoms with van der Waals surface area (Å²) in [6.45, 7) is 23.2. The lowest BCUT2D eigenvalue weighted by molar-refractivity contribution is -0.0242. The zero-order valence-corrected chi connectivity index (χ0v) is 25.8. The minimum absolute atomic E-state index is 0.532. The van der Waals surface area contributed by atoms with Gasteiger partial charge in [-0.3, -0.25) is 0 Å². The van der Waals surface area contributed by atoms with Crippen LogP contribution in [0.15, 0.2) is 0 Å². The summed E-state index contributed by atoms with van der Waals surface area (Å²) in [5, 5.41) is 0. The monoisotopic (exact) mass is 558 g/mol. The molecule has 0 aromatic rings. The van der Waals surface area contributed by atoms with Crippen LogP contribution < -0.4 is 0 Å². The van der Waals surface area contributed by atoms with Gasteiger partial charge in [0.2, 0.25) is 0 Å². The SMILES string of the molecule is C[Si](C)(C)OCCOCCOCCOCCOCCOCCOCCOCCOCCO[Si](C)(C)C. The molecule has 0 aliphatic heterocycles. The summed E-state index contributed by atoms with van der Waals surface area (Å²) in [6.07, 6.45) is 0. The highest BCUT2D eigenvalue weighted by Gasteiger charge is 2.13. The van der Waals surface area contributed by atoms with Crippen molar-refractivity contribution in [2.24, 2.45) is 0 Å². The standard InChI is InChI=1S/C24H54O10Si2/c1-35(2,3)33-23-21-31-19-17-29-15-13-27-11-9-25-7-8-26-10-12-28-14-16-30-18-20-32-22-24-34-36(4,5)6/h7-24H2,1-6H3. The lowest BCUT2D eigenvalue weighted by Crippen LogP contribution is -2.27. The average Bonchev–Trinajstić information content (AvgIpc) is 2.79. The van der Waals surface area contributed by atoms with E-state index < -0.39 is 16.6 Å². The van der Waals surface area contributed by atoms with Crippen LogP contribution in [0, 0.1) is 0 Å². The molecular formula is C24H54O10Si2. The summed E-state index contributed by atoms with van der Waals surface area (Å²) in [5.74, 6) is 0. The fourth-order valence-electron chi connectivity index (χ4n) is 2.46. The Hall–Kier alpha value is 0.0338. The number of hydrogen-bond acceptors (Lipinski definition) is 10. The summed E-state index contributed by atoms with van der Waals surface area (Å²) in [5.41, 5.74) is 0. The minimum Gasteiger partial charge on any atom is -0.415 e. The summed E-state index contributed by atoms with van der Waals surface area (Å²) < 4.78 is 55.1. The molecule has 0 atom stereocenters. The van der Waals surface area contributed by atoms with Crippen molar-refractivity contribution in [3.05, 3.63) is 0 Å². The molecule has 0 heterocycles. The van der Waals surface area contributed by atoms with Gasteiger partial charge >= 0.3 is 0 Å². The maximum Gasteiger partial charge on any atom is 0.183 e. The molecule has 0 bridgehead atoms. The molecule has 0 radical (unpaired) electrons. The van der Waals surface area contributed by atoms with Gasteiger partial charge in [0.1, 0.15) is 0 Å². The van der Waals surface area contributed by atoms with E-state index in [1.807, 2.05) is 0 Å². The molecular weight excluding hydrogens is 504 g/mol. The molecule has 12 heteroatoms. The molecule has 0 aliphatic carbocycles. The Morgan fingerprint density at radius 3 is 0.528 bits per heavy atom. The van der Waals surface area contributed by atoms with Crippen LogP contribution >= 0.6 is 0 Å². The van der Waals surface area contributed by atoms with E-state index >= 15 is 0 Å². The third-order valence-electron chi connectivity index (χ3n) is 4.13. The first-order chi connectivity index (χ1) is 17.2. The fourth-order valence-corrected chi connectivity index (χ4v) is 3.85. The van der Waals surface area contributed by atoms with Gasteiger partial charge < -0.3 is 46.7 Å². The van der Waals surface area contributed by atoms with Gasteiger partial charge in [-0.05, 0) is 39.3 Å². The Morgan fingerprint density at radius 2 is 0.389 bits per heavy atom. The van der Waals surface area contributed by atoms with E-state index in [4.69, 9.17) is 46.7 Å². The minimum atomic E-state index is -1.44. The maximum atomic E-state index is 5.71. The van der Waals surface area contributed by atoms with Crippen LogP contribution in [0.1, 0.15) is 0 Å². The van der Waals surface area contributed by atoms with Crippen molar-refractivity contribution < 1.29 is 46.7 Å². The Morgan fingerprint density at radius 1 is 0.250 bits per heavy atom. The average molecular weight is 559 g/mol. The highest BCUT2D eigenvalue weighted by molar-refractivity contribution is 6.70. The summed E-state index contributed by atoms with van der Waals surface area (Å²) >= 11 is 0. The summed E-state index contributed by atoms with van der Waals surface area (Å²) in [7, 11) is -2.88. The number of hydrogen-bond donors (Lipinski definition) is 0. The molecule has 10 nitrogen and oxygen atoms in total. The smallest absolute Gasteiger partial charge is 0.183 e. The van der Waals surface area contributed by atoms with Crippen LogP contribution in [0.3, 0.4) is 0 Å². The zero-order chi connectivity index (χ0) is 26.8. The second-order valence-corrected chi connectivity index (χ2v) is 18.8. The van der Waals surface area contributed by atoms with E-state index in [1.165, 1.54) is 0 Å². The van der Waals surface area contributed by atoms with Gasteiger partial charge in [-0.1, -0.05) is 0 Å². The van der Waals surface area contributed by atoms with Crippen LogP contribution in [-0.4, -0.2) is 136 Å². The van der Waals surface area contributed by atoms with Gasteiger partial charge in [0.15, 0.2) is 16.6 Å². The molecule has 0 aromatic heterocycles. The molecule has 0 aromatic carbocycles. The van der Waals surface area contributed by atoms with Crippen molar-refractivity contribution in [3.8, 4) is 0 Å². The normalized spacial score (nSPS) is 12.5. The van der Waals surface area contributed by atoms with E-state index in [2.05, 4.69) is 39.3 Å². The predicted molar refractivity (Wildman–Crippen MR) is 145 cm³/mol. The third-order valence-corrected chi connectivity index (χ3v) is 6.27. The maximum absolute atomic E-state index is 5.71. The van der Waals surface area contributed by atoms with Gasteiger partial charge in [-0.25, -0.2) is 0 Å². The molecule has 0 saturated heterocycles. The fraction of sp³-hybridized carbons (Fsp3) is 1.00. The van der Waals surface area contributed by atoms with Crippen LogP contribution in [0.25, 0.3) is 0 Å². The second-order valence-electron chi connectivity index (χ2n) is 9.82. The van der Waals surface area contributed by atoms with Gasteiger partial charge in [-0.2, -0.15) is 0 Å². The quantitative estimate of drug-likeness (QED) is 0.101. The van der Waals surface area contributed by atoms with Crippen molar-refractivity contribution in [2.75, 3.05) is 119 Å². The van der Waals surface area contributed by atoms with E-state index in [-0.39, 0.29) is 0 Å². The van der Waals surface area contributed by atoms with Crippen molar-refractivity contribution in [1.29, 1.82) is 0 Å². The molecule has 0 amide bonds. The first kappa shape index (κ1) is 36.0. The van der Waals surface area contributed by atoms with Gasteiger partial charge in [-0.15, -0.1) is 0 Å². The number of ether oxygens (including phenoxy) is 8. The summed E-state index contributed by atoms with van der Waals surface area (Å²) in [6, 6.07) is 0. The third kappa shape index (κ3) is 34.0. The van der Waals surface area contributed by atoms with Crippen LogP contribution in [0.4, 0.5) is 0 Å². The van der Waals surface area contributed by atoms with Crippen molar-refractivity contribution >= 4 is 16.6 Å². The molecule has 0 fully saturated rings. The van der Waals surface area contributed by atoms with Gasteiger partial charge in [0, 0.05) is 0 Å². The highest BCUT2D eigenvalue weighted by atomic mass is 28.4. The Labute approximate surface area is 221 Å².